The molecule has 0 aromatic heterocycles. The molecule has 1 heterocycles. The molecule has 1 aromatic rings. The van der Waals surface area contributed by atoms with Gasteiger partial charge in [-0.15, -0.1) is 0 Å². The van der Waals surface area contributed by atoms with Crippen molar-refractivity contribution < 1.29 is 24.6 Å². The SMILES string of the molecule is O=C(O)[C@H](CCc1ccccc1)N[C@@H](CS)C(=O)N1[C@@H]2CCCC[C@@H]2C[C@H]1C(=O)O. The third-order valence-electron chi connectivity index (χ3n) is 6.37. The van der Waals surface area contributed by atoms with Crippen LogP contribution in [0.4, 0.5) is 0 Å². The van der Waals surface area contributed by atoms with Gasteiger partial charge in [-0.2, -0.15) is 12.6 Å². The van der Waals surface area contributed by atoms with Crippen molar-refractivity contribution in [2.24, 2.45) is 5.92 Å². The molecular formula is C22H30N2O5S. The first-order valence-electron chi connectivity index (χ1n) is 10.6. The molecule has 1 aromatic carbocycles. The number of hydrogen-bond donors (Lipinski definition) is 4. The van der Waals surface area contributed by atoms with Gasteiger partial charge in [0.2, 0.25) is 5.91 Å². The molecule has 1 saturated heterocycles. The molecule has 164 valence electrons. The van der Waals surface area contributed by atoms with Crippen LogP contribution >= 0.6 is 12.6 Å². The molecule has 5 atom stereocenters. The Labute approximate surface area is 182 Å². The number of fused-ring (bicyclic) bond motifs is 1. The van der Waals surface area contributed by atoms with Crippen LogP contribution in [-0.2, 0) is 20.8 Å². The van der Waals surface area contributed by atoms with Crippen LogP contribution in [0.3, 0.4) is 0 Å². The molecule has 2 aliphatic rings. The van der Waals surface area contributed by atoms with Gasteiger partial charge in [-0.3, -0.25) is 14.9 Å². The smallest absolute Gasteiger partial charge is 0.326 e. The Morgan fingerprint density at radius 3 is 2.43 bits per heavy atom. The van der Waals surface area contributed by atoms with Gasteiger partial charge in [-0.05, 0) is 43.6 Å². The Hall–Kier alpha value is -2.06. The van der Waals surface area contributed by atoms with Crippen molar-refractivity contribution in [1.29, 1.82) is 0 Å². The van der Waals surface area contributed by atoms with Crippen LogP contribution in [0.5, 0.6) is 0 Å². The number of likely N-dealkylation sites (tertiary alicyclic amines) is 1. The van der Waals surface area contributed by atoms with Crippen LogP contribution in [0.25, 0.3) is 0 Å². The molecule has 7 nitrogen and oxygen atoms in total. The number of aliphatic carboxylic acids is 2. The van der Waals surface area contributed by atoms with Gasteiger partial charge in [0, 0.05) is 11.8 Å². The molecule has 0 spiro atoms. The van der Waals surface area contributed by atoms with Crippen molar-refractivity contribution in [3.8, 4) is 0 Å². The van der Waals surface area contributed by atoms with E-state index in [0.717, 1.165) is 31.2 Å². The first-order valence-corrected chi connectivity index (χ1v) is 11.2. The van der Waals surface area contributed by atoms with E-state index in [2.05, 4.69) is 17.9 Å². The van der Waals surface area contributed by atoms with E-state index in [0.29, 0.717) is 19.3 Å². The first-order chi connectivity index (χ1) is 14.4. The maximum atomic E-state index is 13.3. The number of nitrogens with one attached hydrogen (secondary N) is 1. The van der Waals surface area contributed by atoms with Crippen molar-refractivity contribution in [2.75, 3.05) is 5.75 Å². The fourth-order valence-corrected chi connectivity index (χ4v) is 5.12. The van der Waals surface area contributed by atoms with Crippen LogP contribution < -0.4 is 5.32 Å². The number of rotatable bonds is 9. The van der Waals surface area contributed by atoms with E-state index in [9.17, 15) is 24.6 Å². The van der Waals surface area contributed by atoms with E-state index in [-0.39, 0.29) is 23.6 Å². The van der Waals surface area contributed by atoms with Crippen molar-refractivity contribution >= 4 is 30.5 Å². The van der Waals surface area contributed by atoms with Crippen molar-refractivity contribution in [3.63, 3.8) is 0 Å². The van der Waals surface area contributed by atoms with E-state index in [1.165, 1.54) is 4.90 Å². The summed E-state index contributed by atoms with van der Waals surface area (Å²) in [5.74, 6) is -2.06. The van der Waals surface area contributed by atoms with Crippen LogP contribution in [0.1, 0.15) is 44.1 Å². The maximum Gasteiger partial charge on any atom is 0.326 e. The summed E-state index contributed by atoms with van der Waals surface area (Å²) in [6.07, 6.45) is 5.13. The van der Waals surface area contributed by atoms with Gasteiger partial charge >= 0.3 is 11.9 Å². The number of benzene rings is 1. The zero-order chi connectivity index (χ0) is 21.7. The Kier molecular flexibility index (Phi) is 7.77. The number of carbonyl (C=O) groups is 3. The molecule has 30 heavy (non-hydrogen) atoms. The summed E-state index contributed by atoms with van der Waals surface area (Å²) in [6.45, 7) is 0. The van der Waals surface area contributed by atoms with Crippen molar-refractivity contribution in [2.45, 2.75) is 69.1 Å². The molecular weight excluding hydrogens is 404 g/mol. The quantitative estimate of drug-likeness (QED) is 0.444. The predicted molar refractivity (Wildman–Crippen MR) is 116 cm³/mol. The second-order valence-electron chi connectivity index (χ2n) is 8.26. The molecule has 8 heteroatoms. The third kappa shape index (κ3) is 5.16. The zero-order valence-electron chi connectivity index (χ0n) is 16.9. The highest BCUT2D eigenvalue weighted by molar-refractivity contribution is 7.80. The molecule has 1 aliphatic carbocycles. The second-order valence-corrected chi connectivity index (χ2v) is 8.63. The summed E-state index contributed by atoms with van der Waals surface area (Å²) >= 11 is 4.28. The zero-order valence-corrected chi connectivity index (χ0v) is 17.8. The van der Waals surface area contributed by atoms with Gasteiger partial charge in [0.15, 0.2) is 0 Å². The molecule has 0 unspecified atom stereocenters. The third-order valence-corrected chi connectivity index (χ3v) is 6.74. The highest BCUT2D eigenvalue weighted by Crippen LogP contribution is 2.40. The van der Waals surface area contributed by atoms with Gasteiger partial charge in [0.25, 0.3) is 0 Å². The number of carboxylic acid groups (broad SMARTS) is 2. The number of carbonyl (C=O) groups excluding carboxylic acids is 1. The van der Waals surface area contributed by atoms with Gasteiger partial charge in [0.05, 0.1) is 6.04 Å². The summed E-state index contributed by atoms with van der Waals surface area (Å²) in [7, 11) is 0. The largest absolute Gasteiger partial charge is 0.480 e. The lowest BCUT2D eigenvalue weighted by atomic mass is 9.84. The van der Waals surface area contributed by atoms with Crippen molar-refractivity contribution in [3.05, 3.63) is 35.9 Å². The number of hydrogen-bond acceptors (Lipinski definition) is 5. The lowest BCUT2D eigenvalue weighted by Crippen LogP contribution is -2.57. The number of carboxylic acids is 2. The van der Waals surface area contributed by atoms with Crippen LogP contribution in [0.2, 0.25) is 0 Å². The van der Waals surface area contributed by atoms with Crippen LogP contribution in [0.15, 0.2) is 30.3 Å². The molecule has 0 radical (unpaired) electrons. The summed E-state index contributed by atoms with van der Waals surface area (Å²) in [4.78, 5) is 38.5. The Morgan fingerprint density at radius 1 is 1.10 bits per heavy atom. The minimum Gasteiger partial charge on any atom is -0.480 e. The molecule has 1 aliphatic heterocycles. The molecule has 1 amide bonds. The molecule has 0 bridgehead atoms. The average molecular weight is 435 g/mol. The van der Waals surface area contributed by atoms with Crippen LogP contribution in [-0.4, -0.2) is 62.9 Å². The molecule has 3 N–H and O–H groups in total. The highest BCUT2D eigenvalue weighted by Gasteiger charge is 2.48. The summed E-state index contributed by atoms with van der Waals surface area (Å²) in [5.41, 5.74) is 1.02. The average Bonchev–Trinajstić information content (AvgIpc) is 3.14. The molecule has 1 saturated carbocycles. The van der Waals surface area contributed by atoms with Crippen LogP contribution in [0, 0.1) is 5.92 Å². The van der Waals surface area contributed by atoms with Crippen molar-refractivity contribution in [1.82, 2.24) is 10.2 Å². The lowest BCUT2D eigenvalue weighted by Gasteiger charge is -2.35. The Morgan fingerprint density at radius 2 is 1.80 bits per heavy atom. The van der Waals surface area contributed by atoms with Gasteiger partial charge in [0.1, 0.15) is 12.1 Å². The first kappa shape index (κ1) is 22.6. The predicted octanol–water partition coefficient (Wildman–Crippen LogP) is 2.20. The Bertz CT molecular complexity index is 759. The number of amides is 1. The fraction of sp³-hybridized carbons (Fsp3) is 0.591. The molecule has 3 rings (SSSR count). The molecule has 2 fully saturated rings. The Balaban J connectivity index is 1.71. The monoisotopic (exact) mass is 434 g/mol. The standard InChI is InChI=1S/C22H30N2O5S/c25-20(24-18-9-5-4-8-15(18)12-19(24)22(28)29)17(13-30)23-16(21(26)27)11-10-14-6-2-1-3-7-14/h1-3,6-7,15-19,23,30H,4-5,8-13H2,(H,26,27)(H,28,29)/t15-,16+,17+,18-,19+/m1/s1. The minimum atomic E-state index is -1.03. The van der Waals surface area contributed by atoms with E-state index in [1.807, 2.05) is 30.3 Å². The van der Waals surface area contributed by atoms with E-state index in [1.54, 1.807) is 0 Å². The fourth-order valence-electron chi connectivity index (χ4n) is 4.86. The number of nitrogens with zero attached hydrogens (tertiary/aromatic N) is 1. The summed E-state index contributed by atoms with van der Waals surface area (Å²) in [6, 6.07) is 6.89. The summed E-state index contributed by atoms with van der Waals surface area (Å²) < 4.78 is 0. The van der Waals surface area contributed by atoms with Gasteiger partial charge in [-0.25, -0.2) is 4.79 Å². The van der Waals surface area contributed by atoms with Gasteiger partial charge in [-0.1, -0.05) is 43.2 Å². The normalized spacial score (nSPS) is 25.4. The van der Waals surface area contributed by atoms with E-state index in [4.69, 9.17) is 0 Å². The highest BCUT2D eigenvalue weighted by atomic mass is 32.1. The van der Waals surface area contributed by atoms with E-state index >= 15 is 0 Å². The maximum absolute atomic E-state index is 13.3. The number of aryl methyl sites for hydroxylation is 1. The minimum absolute atomic E-state index is 0.0795. The second kappa shape index (κ2) is 10.3. The number of thiol groups is 1. The summed E-state index contributed by atoms with van der Waals surface area (Å²) in [5, 5.41) is 22.3. The van der Waals surface area contributed by atoms with Gasteiger partial charge < -0.3 is 15.1 Å². The van der Waals surface area contributed by atoms with E-state index < -0.39 is 30.1 Å². The topological polar surface area (TPSA) is 107 Å². The lowest BCUT2D eigenvalue weighted by molar-refractivity contribution is -0.151.